The van der Waals surface area contributed by atoms with Crippen LogP contribution in [0.2, 0.25) is 0 Å². The number of ether oxygens (including phenoxy) is 2. The van der Waals surface area contributed by atoms with E-state index in [1.165, 1.54) is 0 Å². The van der Waals surface area contributed by atoms with E-state index in [0.29, 0.717) is 18.0 Å². The van der Waals surface area contributed by atoms with Gasteiger partial charge in [0, 0.05) is 24.6 Å². The zero-order chi connectivity index (χ0) is 19.8. The second-order valence-electron chi connectivity index (χ2n) is 6.11. The van der Waals surface area contributed by atoms with Crippen LogP contribution < -0.4 is 14.8 Å². The molecule has 2 aromatic carbocycles. The van der Waals surface area contributed by atoms with Crippen LogP contribution in [0.4, 0.5) is 0 Å². The van der Waals surface area contributed by atoms with Crippen LogP contribution in [0.5, 0.6) is 11.5 Å². The Morgan fingerprint density at radius 2 is 2.00 bits per heavy atom. The Kier molecular flexibility index (Phi) is 6.46. The van der Waals surface area contributed by atoms with Crippen LogP contribution in [-0.2, 0) is 11.3 Å². The first kappa shape index (κ1) is 19.2. The van der Waals surface area contributed by atoms with Crippen LogP contribution in [-0.4, -0.2) is 29.2 Å². The van der Waals surface area contributed by atoms with Crippen molar-refractivity contribution >= 4 is 12.0 Å². The summed E-state index contributed by atoms with van der Waals surface area (Å²) in [6.45, 7) is 2.31. The van der Waals surface area contributed by atoms with Gasteiger partial charge in [0.25, 0.3) is 5.91 Å². The second-order valence-corrected chi connectivity index (χ2v) is 6.11. The number of hydrogen-bond acceptors (Lipinski definition) is 4. The minimum Gasteiger partial charge on any atom is -0.493 e. The van der Waals surface area contributed by atoms with Gasteiger partial charge in [0.05, 0.1) is 13.4 Å². The molecular weight excluding hydrogens is 354 g/mol. The summed E-state index contributed by atoms with van der Waals surface area (Å²) in [7, 11) is 1.58. The molecule has 0 unspecified atom stereocenters. The molecule has 3 rings (SSSR count). The van der Waals surface area contributed by atoms with Gasteiger partial charge in [-0.1, -0.05) is 30.4 Å². The molecule has 1 aromatic heterocycles. The first-order valence-electron chi connectivity index (χ1n) is 8.97. The summed E-state index contributed by atoms with van der Waals surface area (Å²) in [5.74, 6) is 0.937. The number of hydrogen-bond donors (Lipinski definition) is 1. The lowest BCUT2D eigenvalue weighted by Crippen LogP contribution is -2.28. The number of carbonyl (C=O) groups is 1. The zero-order valence-corrected chi connectivity index (χ0v) is 16.0. The number of amides is 1. The summed E-state index contributed by atoms with van der Waals surface area (Å²) in [5, 5.41) is 2.86. The Morgan fingerprint density at radius 3 is 2.68 bits per heavy atom. The molecule has 0 spiro atoms. The van der Waals surface area contributed by atoms with E-state index >= 15 is 0 Å². The number of aromatic nitrogens is 2. The molecule has 0 saturated carbocycles. The summed E-state index contributed by atoms with van der Waals surface area (Å²) in [5.41, 5.74) is 3.03. The van der Waals surface area contributed by atoms with Crippen LogP contribution >= 0.6 is 0 Å². The number of carbonyl (C=O) groups excluding carboxylic acids is 1. The summed E-state index contributed by atoms with van der Waals surface area (Å²) in [6.07, 6.45) is 9.28. The van der Waals surface area contributed by atoms with Gasteiger partial charge in [0.1, 0.15) is 0 Å². The van der Waals surface area contributed by atoms with Crippen molar-refractivity contribution in [2.45, 2.75) is 13.5 Å². The topological polar surface area (TPSA) is 65.4 Å². The Hall–Kier alpha value is -3.54. The first-order valence-corrected chi connectivity index (χ1v) is 8.97. The fourth-order valence-electron chi connectivity index (χ4n) is 2.69. The molecule has 0 fully saturated rings. The third-order valence-electron chi connectivity index (χ3n) is 4.13. The van der Waals surface area contributed by atoms with Crippen LogP contribution in [0.25, 0.3) is 11.8 Å². The van der Waals surface area contributed by atoms with E-state index in [1.54, 1.807) is 25.7 Å². The summed E-state index contributed by atoms with van der Waals surface area (Å²) in [6, 6.07) is 13.5. The predicted octanol–water partition coefficient (Wildman–Crippen LogP) is 3.61. The van der Waals surface area contributed by atoms with Crippen molar-refractivity contribution in [3.05, 3.63) is 78.4 Å². The van der Waals surface area contributed by atoms with Gasteiger partial charge in [-0.25, -0.2) is 4.98 Å². The lowest BCUT2D eigenvalue weighted by molar-refractivity contribution is -0.123. The fraction of sp³-hybridized carbons (Fsp3) is 0.182. The van der Waals surface area contributed by atoms with Crippen molar-refractivity contribution in [3.63, 3.8) is 0 Å². The first-order chi connectivity index (χ1) is 13.7. The average Bonchev–Trinajstić information content (AvgIpc) is 3.26. The molecule has 6 nitrogen and oxygen atoms in total. The summed E-state index contributed by atoms with van der Waals surface area (Å²) in [4.78, 5) is 16.1. The standard InChI is InChI=1S/C22H23N3O3/c1-3-4-17-7-10-20(21(13-17)27-2)28-15-22(26)24-14-18-5-8-19(9-6-18)25-12-11-23-16-25/h3-13,16H,14-15H2,1-2H3,(H,24,26)/b4-3+. The van der Waals surface area contributed by atoms with Crippen LogP contribution in [0.1, 0.15) is 18.1 Å². The van der Waals surface area contributed by atoms with E-state index < -0.39 is 0 Å². The van der Waals surface area contributed by atoms with Gasteiger partial charge in [0.15, 0.2) is 18.1 Å². The molecule has 0 aliphatic heterocycles. The zero-order valence-electron chi connectivity index (χ0n) is 16.0. The van der Waals surface area contributed by atoms with E-state index in [9.17, 15) is 4.79 Å². The number of benzene rings is 2. The molecule has 144 valence electrons. The van der Waals surface area contributed by atoms with Crippen molar-refractivity contribution < 1.29 is 14.3 Å². The highest BCUT2D eigenvalue weighted by Crippen LogP contribution is 2.28. The molecule has 6 heteroatoms. The highest BCUT2D eigenvalue weighted by molar-refractivity contribution is 5.77. The average molecular weight is 377 g/mol. The number of methoxy groups -OCH3 is 1. The van der Waals surface area contributed by atoms with Crippen LogP contribution in [0.15, 0.2) is 67.3 Å². The molecule has 0 aliphatic carbocycles. The van der Waals surface area contributed by atoms with Crippen molar-refractivity contribution in [1.29, 1.82) is 0 Å². The molecule has 28 heavy (non-hydrogen) atoms. The molecule has 3 aromatic rings. The SMILES string of the molecule is C/C=C/c1ccc(OCC(=O)NCc2ccc(-n3ccnc3)cc2)c(OC)c1. The summed E-state index contributed by atoms with van der Waals surface area (Å²) < 4.78 is 12.9. The maximum absolute atomic E-state index is 12.1. The minimum absolute atomic E-state index is 0.0769. The highest BCUT2D eigenvalue weighted by Gasteiger charge is 2.08. The molecular formula is C22H23N3O3. The van der Waals surface area contributed by atoms with Gasteiger partial charge in [-0.3, -0.25) is 4.79 Å². The number of nitrogens with zero attached hydrogens (tertiary/aromatic N) is 2. The lowest BCUT2D eigenvalue weighted by atomic mass is 10.2. The molecule has 1 amide bonds. The van der Waals surface area contributed by atoms with E-state index in [4.69, 9.17) is 9.47 Å². The van der Waals surface area contributed by atoms with Gasteiger partial charge in [-0.2, -0.15) is 0 Å². The Bertz CT molecular complexity index is 932. The number of rotatable bonds is 8. The van der Waals surface area contributed by atoms with E-state index in [-0.39, 0.29) is 12.5 Å². The number of imidazole rings is 1. The second kappa shape index (κ2) is 9.41. The van der Waals surface area contributed by atoms with Gasteiger partial charge < -0.3 is 19.4 Å². The third kappa shape index (κ3) is 5.01. The third-order valence-corrected chi connectivity index (χ3v) is 4.13. The van der Waals surface area contributed by atoms with Gasteiger partial charge >= 0.3 is 0 Å². The molecule has 0 atom stereocenters. The molecule has 0 radical (unpaired) electrons. The largest absolute Gasteiger partial charge is 0.493 e. The smallest absolute Gasteiger partial charge is 0.258 e. The normalized spacial score (nSPS) is 10.8. The monoisotopic (exact) mass is 377 g/mol. The van der Waals surface area contributed by atoms with Crippen molar-refractivity contribution in [2.75, 3.05) is 13.7 Å². The number of nitrogens with one attached hydrogen (secondary N) is 1. The Labute approximate surface area is 164 Å². The predicted molar refractivity (Wildman–Crippen MR) is 109 cm³/mol. The van der Waals surface area contributed by atoms with Gasteiger partial charge in [0.2, 0.25) is 0 Å². The van der Waals surface area contributed by atoms with Crippen LogP contribution in [0.3, 0.4) is 0 Å². The molecule has 0 bridgehead atoms. The molecule has 0 saturated heterocycles. The molecule has 0 aliphatic rings. The highest BCUT2D eigenvalue weighted by atomic mass is 16.5. The van der Waals surface area contributed by atoms with Gasteiger partial charge in [-0.05, 0) is 42.3 Å². The lowest BCUT2D eigenvalue weighted by Gasteiger charge is -2.12. The molecule has 1 heterocycles. The maximum Gasteiger partial charge on any atom is 0.258 e. The summed E-state index contributed by atoms with van der Waals surface area (Å²) >= 11 is 0. The minimum atomic E-state index is -0.196. The van der Waals surface area contributed by atoms with Crippen LogP contribution in [0, 0.1) is 0 Å². The Morgan fingerprint density at radius 1 is 1.18 bits per heavy atom. The molecule has 1 N–H and O–H groups in total. The number of allylic oxidation sites excluding steroid dienone is 1. The van der Waals surface area contributed by atoms with Crippen molar-refractivity contribution in [2.24, 2.45) is 0 Å². The quantitative estimate of drug-likeness (QED) is 0.651. The van der Waals surface area contributed by atoms with E-state index in [2.05, 4.69) is 10.3 Å². The Balaban J connectivity index is 1.51. The van der Waals surface area contributed by atoms with Gasteiger partial charge in [-0.15, -0.1) is 0 Å². The maximum atomic E-state index is 12.1. The van der Waals surface area contributed by atoms with E-state index in [0.717, 1.165) is 16.8 Å². The van der Waals surface area contributed by atoms with Crippen molar-refractivity contribution in [1.82, 2.24) is 14.9 Å². The van der Waals surface area contributed by atoms with Crippen molar-refractivity contribution in [3.8, 4) is 17.2 Å². The van der Waals surface area contributed by atoms with E-state index in [1.807, 2.05) is 66.2 Å². The fourth-order valence-corrected chi connectivity index (χ4v) is 2.69.